The molecule has 8 atom stereocenters. The van der Waals surface area contributed by atoms with Crippen molar-refractivity contribution >= 4 is 35.1 Å². The first-order valence-corrected chi connectivity index (χ1v) is 21.8. The van der Waals surface area contributed by atoms with Gasteiger partial charge in [0.05, 0.1) is 43.3 Å². The Morgan fingerprint density at radius 3 is 2.02 bits per heavy atom. The van der Waals surface area contributed by atoms with Crippen molar-refractivity contribution in [3.63, 3.8) is 0 Å². The van der Waals surface area contributed by atoms with Crippen molar-refractivity contribution in [1.82, 2.24) is 20.2 Å². The first kappa shape index (κ1) is 53.2. The standard InChI is InChI=1S/C44H80N4O10/c1-13-31(6)42(38(56-11)27-40(53)48-23-18-21-36(48)43(57-12)32(7)33(8)49)47(10)44(54)35(29(2)3)26-37(51)41(30(4)5)46(9)39(52)22-19-25-58-24-17-15-14-16-20-34(50)28-45-55/h29-32,35-36,38,41-43,45,55H,13-28H2,1-12H3/t31?,32-,35-,36-,38+,41-,42-,43+/m0/s1. The summed E-state index contributed by atoms with van der Waals surface area (Å²) in [5.74, 6) is -2.00. The van der Waals surface area contributed by atoms with Crippen molar-refractivity contribution in [3.8, 4) is 0 Å². The number of amides is 3. The van der Waals surface area contributed by atoms with Crippen molar-refractivity contribution in [2.45, 2.75) is 163 Å². The number of hydroxylamine groups is 1. The molecule has 2 N–H and O–H groups in total. The van der Waals surface area contributed by atoms with Gasteiger partial charge in [0.25, 0.3) is 0 Å². The van der Waals surface area contributed by atoms with Gasteiger partial charge in [-0.05, 0) is 56.8 Å². The van der Waals surface area contributed by atoms with Crippen molar-refractivity contribution in [2.24, 2.45) is 29.6 Å². The second-order valence-electron chi connectivity index (χ2n) is 17.2. The molecule has 1 heterocycles. The van der Waals surface area contributed by atoms with E-state index in [0.29, 0.717) is 32.6 Å². The third-order valence-corrected chi connectivity index (χ3v) is 12.3. The van der Waals surface area contributed by atoms with Crippen LogP contribution in [0.25, 0.3) is 0 Å². The molecule has 1 aliphatic heterocycles. The Bertz CT molecular complexity index is 1280. The molecule has 58 heavy (non-hydrogen) atoms. The van der Waals surface area contributed by atoms with Crippen LogP contribution >= 0.6 is 0 Å². The van der Waals surface area contributed by atoms with E-state index in [1.807, 2.05) is 58.8 Å². The zero-order valence-corrected chi connectivity index (χ0v) is 38.1. The van der Waals surface area contributed by atoms with E-state index in [9.17, 15) is 28.8 Å². The molecule has 0 aromatic rings. The van der Waals surface area contributed by atoms with E-state index < -0.39 is 30.2 Å². The average molecular weight is 825 g/mol. The minimum absolute atomic E-state index is 0.0103. The number of nitrogens with one attached hydrogen (secondary N) is 1. The Balaban J connectivity index is 2.97. The molecule has 1 rings (SSSR count). The molecule has 0 bridgehead atoms. The molecule has 3 amide bonds. The van der Waals surface area contributed by atoms with Gasteiger partial charge in [-0.3, -0.25) is 28.8 Å². The molecular formula is C44H80N4O10. The molecule has 0 spiro atoms. The predicted molar refractivity (Wildman–Crippen MR) is 224 cm³/mol. The number of rotatable bonds is 31. The fourth-order valence-corrected chi connectivity index (χ4v) is 8.45. The summed E-state index contributed by atoms with van der Waals surface area (Å²) in [6.07, 6.45) is 5.93. The molecule has 0 aromatic heterocycles. The summed E-state index contributed by atoms with van der Waals surface area (Å²) < 4.78 is 17.5. The molecule has 0 saturated carbocycles. The summed E-state index contributed by atoms with van der Waals surface area (Å²) in [5, 5.41) is 8.58. The number of hydrogen-bond acceptors (Lipinski definition) is 11. The lowest BCUT2D eigenvalue weighted by molar-refractivity contribution is -0.149. The van der Waals surface area contributed by atoms with E-state index in [-0.39, 0.29) is 90.6 Å². The maximum atomic E-state index is 14.5. The van der Waals surface area contributed by atoms with E-state index >= 15 is 0 Å². The fourth-order valence-electron chi connectivity index (χ4n) is 8.45. The van der Waals surface area contributed by atoms with Crippen LogP contribution in [0.4, 0.5) is 0 Å². The second-order valence-corrected chi connectivity index (χ2v) is 17.2. The van der Waals surface area contributed by atoms with Gasteiger partial charge in [-0.2, -0.15) is 5.48 Å². The van der Waals surface area contributed by atoms with Crippen LogP contribution in [0.2, 0.25) is 0 Å². The van der Waals surface area contributed by atoms with Crippen LogP contribution < -0.4 is 5.48 Å². The Kier molecular flexibility index (Phi) is 25.6. The van der Waals surface area contributed by atoms with E-state index in [1.54, 1.807) is 40.1 Å². The maximum Gasteiger partial charge on any atom is 0.226 e. The number of likely N-dealkylation sites (tertiary alicyclic amines) is 1. The number of carbonyl (C=O) groups excluding carboxylic acids is 6. The van der Waals surface area contributed by atoms with Crippen LogP contribution in [0.5, 0.6) is 0 Å². The first-order valence-electron chi connectivity index (χ1n) is 21.8. The first-order chi connectivity index (χ1) is 27.4. The highest BCUT2D eigenvalue weighted by Crippen LogP contribution is 2.31. The van der Waals surface area contributed by atoms with Gasteiger partial charge in [0.2, 0.25) is 17.7 Å². The fraction of sp³-hybridized carbons (Fsp3) is 0.864. The van der Waals surface area contributed by atoms with Crippen LogP contribution in [0, 0.1) is 29.6 Å². The van der Waals surface area contributed by atoms with Crippen molar-refractivity contribution < 1.29 is 48.2 Å². The van der Waals surface area contributed by atoms with Crippen LogP contribution in [-0.4, -0.2) is 140 Å². The number of ketones is 3. The topological polar surface area (TPSA) is 172 Å². The number of likely N-dealkylation sites (N-methyl/N-ethyl adjacent to an activating group) is 2. The van der Waals surface area contributed by atoms with E-state index in [1.165, 1.54) is 4.90 Å². The lowest BCUT2D eigenvalue weighted by atomic mass is 9.83. The average Bonchev–Trinajstić information content (AvgIpc) is 3.66. The van der Waals surface area contributed by atoms with Crippen LogP contribution in [0.1, 0.15) is 132 Å². The van der Waals surface area contributed by atoms with Gasteiger partial charge in [-0.15, -0.1) is 0 Å². The van der Waals surface area contributed by atoms with E-state index in [2.05, 4.69) is 0 Å². The molecule has 336 valence electrons. The summed E-state index contributed by atoms with van der Waals surface area (Å²) >= 11 is 0. The molecular weight excluding hydrogens is 745 g/mol. The minimum atomic E-state index is -0.697. The maximum absolute atomic E-state index is 14.5. The number of carbonyl (C=O) groups is 6. The summed E-state index contributed by atoms with van der Waals surface area (Å²) in [4.78, 5) is 84.6. The third-order valence-electron chi connectivity index (χ3n) is 12.3. The summed E-state index contributed by atoms with van der Waals surface area (Å²) in [6.45, 7) is 16.7. The van der Waals surface area contributed by atoms with E-state index in [0.717, 1.165) is 44.9 Å². The molecule has 1 aliphatic rings. The van der Waals surface area contributed by atoms with Crippen LogP contribution in [0.3, 0.4) is 0 Å². The van der Waals surface area contributed by atoms with E-state index in [4.69, 9.17) is 19.4 Å². The normalized spacial score (nSPS) is 18.1. The smallest absolute Gasteiger partial charge is 0.226 e. The lowest BCUT2D eigenvalue weighted by Gasteiger charge is -2.41. The molecule has 1 saturated heterocycles. The number of hydrogen-bond donors (Lipinski definition) is 2. The summed E-state index contributed by atoms with van der Waals surface area (Å²) in [5.41, 5.74) is 1.88. The zero-order valence-electron chi connectivity index (χ0n) is 38.1. The largest absolute Gasteiger partial charge is 0.381 e. The highest BCUT2D eigenvalue weighted by atomic mass is 16.5. The number of methoxy groups -OCH3 is 2. The third kappa shape index (κ3) is 16.7. The van der Waals surface area contributed by atoms with Gasteiger partial charge < -0.3 is 34.1 Å². The van der Waals surface area contributed by atoms with Gasteiger partial charge in [-0.1, -0.05) is 67.7 Å². The van der Waals surface area contributed by atoms with Gasteiger partial charge in [0.15, 0.2) is 5.78 Å². The molecule has 1 fully saturated rings. The number of nitrogens with zero attached hydrogens (tertiary/aromatic N) is 3. The van der Waals surface area contributed by atoms with Gasteiger partial charge >= 0.3 is 0 Å². The number of unbranched alkanes of at least 4 members (excludes halogenated alkanes) is 3. The molecule has 14 heteroatoms. The van der Waals surface area contributed by atoms with Crippen molar-refractivity contribution in [3.05, 3.63) is 0 Å². The number of Topliss-reactive ketones (excluding diaryl/α,β-unsaturated/α-hetero) is 3. The highest BCUT2D eigenvalue weighted by Gasteiger charge is 2.43. The molecule has 1 unspecified atom stereocenters. The molecule has 0 aromatic carbocycles. The van der Waals surface area contributed by atoms with Crippen molar-refractivity contribution in [2.75, 3.05) is 54.6 Å². The Labute approximate surface area is 349 Å². The molecule has 0 aliphatic carbocycles. The molecule has 0 radical (unpaired) electrons. The quantitative estimate of drug-likeness (QED) is 0.0668. The van der Waals surface area contributed by atoms with Gasteiger partial charge in [0, 0.05) is 79.2 Å². The Morgan fingerprint density at radius 1 is 0.828 bits per heavy atom. The SMILES string of the molecule is CCC(C)[C@@H]([C@@H](CC(=O)N1CCC[C@H]1[C@H](OC)[C@@H](C)C(C)=O)OC)N(C)C(=O)[C@@H](CC(=O)[C@H](C(C)C)N(C)C(=O)CCCOCCCCCCC(=O)CNO)C(C)C. The highest BCUT2D eigenvalue weighted by molar-refractivity contribution is 5.93. The van der Waals surface area contributed by atoms with Crippen LogP contribution in [0.15, 0.2) is 0 Å². The number of ether oxygens (including phenoxy) is 3. The predicted octanol–water partition coefficient (Wildman–Crippen LogP) is 5.51. The monoisotopic (exact) mass is 825 g/mol. The summed E-state index contributed by atoms with van der Waals surface area (Å²) in [7, 11) is 6.54. The van der Waals surface area contributed by atoms with Gasteiger partial charge in [0.1, 0.15) is 11.6 Å². The van der Waals surface area contributed by atoms with Crippen molar-refractivity contribution in [1.29, 1.82) is 0 Å². The Hall–Kier alpha value is -2.78. The lowest BCUT2D eigenvalue weighted by Crippen LogP contribution is -2.54. The van der Waals surface area contributed by atoms with Crippen LogP contribution in [-0.2, 0) is 43.0 Å². The van der Waals surface area contributed by atoms with Gasteiger partial charge in [-0.25, -0.2) is 0 Å². The minimum Gasteiger partial charge on any atom is -0.381 e. The Morgan fingerprint density at radius 2 is 1.47 bits per heavy atom. The summed E-state index contributed by atoms with van der Waals surface area (Å²) in [6, 6.07) is -1.37. The zero-order chi connectivity index (χ0) is 44.1. The second kappa shape index (κ2) is 27.9. The molecule has 14 nitrogen and oxygen atoms in total.